The van der Waals surface area contributed by atoms with E-state index >= 15 is 0 Å². The molecular formula is C17H21BrN2O. The molecular weight excluding hydrogens is 328 g/mol. The second-order valence-electron chi connectivity index (χ2n) is 5.55. The molecule has 2 heterocycles. The van der Waals surface area contributed by atoms with Crippen LogP contribution in [0, 0.1) is 6.92 Å². The molecule has 1 aliphatic heterocycles. The topological polar surface area (TPSA) is 25.4 Å². The van der Waals surface area contributed by atoms with Gasteiger partial charge in [0.15, 0.2) is 0 Å². The molecule has 0 radical (unpaired) electrons. The van der Waals surface area contributed by atoms with Crippen LogP contribution in [0.4, 0.5) is 5.69 Å². The van der Waals surface area contributed by atoms with E-state index in [-0.39, 0.29) is 0 Å². The van der Waals surface area contributed by atoms with Crippen molar-refractivity contribution in [3.63, 3.8) is 0 Å². The number of benzene rings is 1. The number of nitrogens with zero attached hydrogens (tertiary/aromatic N) is 2. The van der Waals surface area contributed by atoms with E-state index < -0.39 is 0 Å². The van der Waals surface area contributed by atoms with Gasteiger partial charge in [-0.2, -0.15) is 0 Å². The molecule has 0 spiro atoms. The summed E-state index contributed by atoms with van der Waals surface area (Å²) >= 11 is 3.42. The lowest BCUT2D eigenvalue weighted by atomic mass is 10.0. The largest absolute Gasteiger partial charge is 0.377 e. The van der Waals surface area contributed by atoms with E-state index in [4.69, 9.17) is 4.74 Å². The number of para-hydroxylation sites is 1. The molecule has 1 fully saturated rings. The summed E-state index contributed by atoms with van der Waals surface area (Å²) in [5.41, 5.74) is 3.49. The van der Waals surface area contributed by atoms with Gasteiger partial charge in [0.2, 0.25) is 0 Å². The monoisotopic (exact) mass is 348 g/mol. The van der Waals surface area contributed by atoms with Crippen LogP contribution in [-0.4, -0.2) is 36.1 Å². The van der Waals surface area contributed by atoms with Crippen LogP contribution in [0.2, 0.25) is 0 Å². The molecule has 0 atom stereocenters. The smallest absolute Gasteiger partial charge is 0.0726 e. The molecule has 4 heteroatoms. The second kappa shape index (κ2) is 6.75. The highest BCUT2D eigenvalue weighted by Gasteiger charge is 2.21. The lowest BCUT2D eigenvalue weighted by molar-refractivity contribution is 0.0481. The van der Waals surface area contributed by atoms with Crippen molar-refractivity contribution in [2.45, 2.75) is 25.9 Å². The van der Waals surface area contributed by atoms with E-state index in [1.807, 2.05) is 0 Å². The van der Waals surface area contributed by atoms with Crippen molar-refractivity contribution >= 4 is 32.5 Å². The number of alkyl halides is 1. The number of anilines is 1. The maximum absolute atomic E-state index is 5.84. The lowest BCUT2D eigenvalue weighted by Gasteiger charge is -2.34. The Morgan fingerprint density at radius 1 is 1.29 bits per heavy atom. The minimum atomic E-state index is 0.410. The third-order valence-electron chi connectivity index (χ3n) is 4.04. The predicted octanol–water partition coefficient (Wildman–Crippen LogP) is 3.92. The van der Waals surface area contributed by atoms with Crippen molar-refractivity contribution in [1.82, 2.24) is 4.98 Å². The Morgan fingerprint density at radius 3 is 2.81 bits per heavy atom. The van der Waals surface area contributed by atoms with E-state index in [1.165, 1.54) is 11.1 Å². The van der Waals surface area contributed by atoms with E-state index in [2.05, 4.69) is 63.1 Å². The first kappa shape index (κ1) is 14.8. The number of ether oxygens (including phenoxy) is 1. The zero-order valence-electron chi connectivity index (χ0n) is 12.4. The summed E-state index contributed by atoms with van der Waals surface area (Å²) in [6.07, 6.45) is 2.61. The van der Waals surface area contributed by atoms with Gasteiger partial charge in [-0.25, -0.2) is 0 Å². The first-order valence-corrected chi connectivity index (χ1v) is 8.69. The van der Waals surface area contributed by atoms with Crippen molar-refractivity contribution in [2.24, 2.45) is 0 Å². The zero-order chi connectivity index (χ0) is 14.7. The predicted molar refractivity (Wildman–Crippen MR) is 91.5 cm³/mol. The minimum Gasteiger partial charge on any atom is -0.377 e. The average molecular weight is 349 g/mol. The molecule has 2 aromatic rings. The van der Waals surface area contributed by atoms with Crippen LogP contribution in [0.3, 0.4) is 0 Å². The minimum absolute atomic E-state index is 0.410. The number of hydrogen-bond donors (Lipinski definition) is 0. The van der Waals surface area contributed by atoms with E-state index in [9.17, 15) is 0 Å². The van der Waals surface area contributed by atoms with Crippen molar-refractivity contribution < 1.29 is 4.74 Å². The molecule has 1 saturated heterocycles. The summed E-state index contributed by atoms with van der Waals surface area (Å²) in [5, 5.41) is 2.17. The Balaban J connectivity index is 1.79. The van der Waals surface area contributed by atoms with Gasteiger partial charge in [0.05, 0.1) is 18.2 Å². The fourth-order valence-electron chi connectivity index (χ4n) is 3.02. The van der Waals surface area contributed by atoms with Crippen molar-refractivity contribution in [3.05, 3.63) is 36.0 Å². The number of pyridine rings is 1. The van der Waals surface area contributed by atoms with Crippen LogP contribution in [-0.2, 0) is 4.74 Å². The Labute approximate surface area is 134 Å². The molecule has 0 amide bonds. The third-order valence-corrected chi connectivity index (χ3v) is 4.36. The molecule has 1 aromatic heterocycles. The van der Waals surface area contributed by atoms with E-state index in [0.717, 1.165) is 49.1 Å². The maximum Gasteiger partial charge on any atom is 0.0726 e. The highest BCUT2D eigenvalue weighted by Crippen LogP contribution is 2.29. The van der Waals surface area contributed by atoms with Gasteiger partial charge in [-0.3, -0.25) is 4.98 Å². The molecule has 1 aliphatic rings. The molecule has 112 valence electrons. The van der Waals surface area contributed by atoms with E-state index in [0.29, 0.717) is 6.10 Å². The average Bonchev–Trinajstić information content (AvgIpc) is 2.52. The van der Waals surface area contributed by atoms with Gasteiger partial charge >= 0.3 is 0 Å². The third kappa shape index (κ3) is 3.38. The number of halogens is 1. The molecule has 21 heavy (non-hydrogen) atoms. The van der Waals surface area contributed by atoms with Crippen molar-refractivity contribution in [2.75, 3.05) is 29.9 Å². The maximum atomic E-state index is 5.84. The van der Waals surface area contributed by atoms with Gasteiger partial charge in [-0.15, -0.1) is 0 Å². The fourth-order valence-corrected chi connectivity index (χ4v) is 3.21. The Kier molecular flexibility index (Phi) is 4.76. The number of hydrogen-bond acceptors (Lipinski definition) is 3. The number of fused-ring (bicyclic) bond motifs is 1. The van der Waals surface area contributed by atoms with Crippen molar-refractivity contribution in [3.8, 4) is 0 Å². The van der Waals surface area contributed by atoms with Gasteiger partial charge in [0.25, 0.3) is 0 Å². The summed E-state index contributed by atoms with van der Waals surface area (Å²) in [5.74, 6) is 0. The lowest BCUT2D eigenvalue weighted by Crippen LogP contribution is -2.37. The van der Waals surface area contributed by atoms with Gasteiger partial charge in [-0.1, -0.05) is 34.1 Å². The number of rotatable bonds is 4. The molecule has 0 aliphatic carbocycles. The Bertz CT molecular complexity index is 609. The molecule has 0 bridgehead atoms. The summed E-state index contributed by atoms with van der Waals surface area (Å²) in [6, 6.07) is 10.6. The van der Waals surface area contributed by atoms with Gasteiger partial charge in [-0.05, 0) is 31.9 Å². The van der Waals surface area contributed by atoms with Gasteiger partial charge < -0.3 is 9.64 Å². The SMILES string of the molecule is Cc1cc(N2CCC(OCCBr)CC2)c2ccccc2n1. The summed E-state index contributed by atoms with van der Waals surface area (Å²) in [6.45, 7) is 4.99. The quantitative estimate of drug-likeness (QED) is 0.783. The fraction of sp³-hybridized carbons (Fsp3) is 0.471. The number of aromatic nitrogens is 1. The molecule has 0 saturated carbocycles. The first-order chi connectivity index (χ1) is 10.3. The van der Waals surface area contributed by atoms with Crippen LogP contribution in [0.25, 0.3) is 10.9 Å². The molecule has 3 nitrogen and oxygen atoms in total. The van der Waals surface area contributed by atoms with Crippen LogP contribution in [0.15, 0.2) is 30.3 Å². The molecule has 0 N–H and O–H groups in total. The molecule has 1 aromatic carbocycles. The summed E-state index contributed by atoms with van der Waals surface area (Å²) < 4.78 is 5.84. The van der Waals surface area contributed by atoms with Crippen LogP contribution in [0.5, 0.6) is 0 Å². The standard InChI is InChI=1S/C17H21BrN2O/c1-13-12-17(15-4-2-3-5-16(15)19-13)20-9-6-14(7-10-20)21-11-8-18/h2-5,12,14H,6-11H2,1H3. The Morgan fingerprint density at radius 2 is 2.05 bits per heavy atom. The second-order valence-corrected chi connectivity index (χ2v) is 6.34. The van der Waals surface area contributed by atoms with Crippen LogP contribution >= 0.6 is 15.9 Å². The van der Waals surface area contributed by atoms with Gasteiger partial charge in [0, 0.05) is 35.2 Å². The highest BCUT2D eigenvalue weighted by molar-refractivity contribution is 9.09. The molecule has 0 unspecified atom stereocenters. The normalized spacial score (nSPS) is 16.6. The van der Waals surface area contributed by atoms with Crippen molar-refractivity contribution in [1.29, 1.82) is 0 Å². The summed E-state index contributed by atoms with van der Waals surface area (Å²) in [4.78, 5) is 7.11. The Hall–Kier alpha value is -1.13. The zero-order valence-corrected chi connectivity index (χ0v) is 14.0. The number of piperidine rings is 1. The van der Waals surface area contributed by atoms with Crippen LogP contribution in [0.1, 0.15) is 18.5 Å². The van der Waals surface area contributed by atoms with Crippen LogP contribution < -0.4 is 4.90 Å². The van der Waals surface area contributed by atoms with E-state index in [1.54, 1.807) is 0 Å². The summed E-state index contributed by atoms with van der Waals surface area (Å²) in [7, 11) is 0. The number of aryl methyl sites for hydroxylation is 1. The highest BCUT2D eigenvalue weighted by atomic mass is 79.9. The van der Waals surface area contributed by atoms with Gasteiger partial charge in [0.1, 0.15) is 0 Å². The molecule has 3 rings (SSSR count). The first-order valence-electron chi connectivity index (χ1n) is 7.57.